The number of rotatable bonds is 3. The average molecular weight is 223 g/mol. The minimum Gasteiger partial charge on any atom is -0.507 e. The molecule has 16 heavy (non-hydrogen) atoms. The average Bonchev–Trinajstić information content (AvgIpc) is 2.20. The SMILES string of the molecule is CCNC(=O)c1cc(OC(C)=O)ccc1O. The summed E-state index contributed by atoms with van der Waals surface area (Å²) in [4.78, 5) is 22.2. The van der Waals surface area contributed by atoms with E-state index in [0.29, 0.717) is 6.54 Å². The summed E-state index contributed by atoms with van der Waals surface area (Å²) in [7, 11) is 0. The fraction of sp³-hybridized carbons (Fsp3) is 0.273. The number of amides is 1. The molecule has 1 rings (SSSR count). The molecule has 0 fully saturated rings. The monoisotopic (exact) mass is 223 g/mol. The number of esters is 1. The van der Waals surface area contributed by atoms with E-state index in [0.717, 1.165) is 0 Å². The molecule has 1 aromatic rings. The number of phenols is 1. The minimum absolute atomic E-state index is 0.0839. The van der Waals surface area contributed by atoms with Gasteiger partial charge in [0.2, 0.25) is 0 Å². The Kier molecular flexibility index (Phi) is 3.88. The van der Waals surface area contributed by atoms with Gasteiger partial charge in [-0.25, -0.2) is 0 Å². The van der Waals surface area contributed by atoms with E-state index in [1.54, 1.807) is 6.92 Å². The molecule has 0 saturated heterocycles. The van der Waals surface area contributed by atoms with Crippen LogP contribution in [0.3, 0.4) is 0 Å². The van der Waals surface area contributed by atoms with Gasteiger partial charge in [0.05, 0.1) is 5.56 Å². The van der Waals surface area contributed by atoms with Crippen LogP contribution in [0.4, 0.5) is 0 Å². The highest BCUT2D eigenvalue weighted by molar-refractivity contribution is 5.97. The maximum Gasteiger partial charge on any atom is 0.308 e. The van der Waals surface area contributed by atoms with E-state index >= 15 is 0 Å². The first-order valence-electron chi connectivity index (χ1n) is 4.84. The predicted octanol–water partition coefficient (Wildman–Crippen LogP) is 1.07. The summed E-state index contributed by atoms with van der Waals surface area (Å²) in [6.07, 6.45) is 0. The maximum atomic E-state index is 11.5. The lowest BCUT2D eigenvalue weighted by Gasteiger charge is -2.07. The van der Waals surface area contributed by atoms with Crippen LogP contribution in [-0.2, 0) is 4.79 Å². The molecule has 2 N–H and O–H groups in total. The van der Waals surface area contributed by atoms with Crippen LogP contribution in [-0.4, -0.2) is 23.5 Å². The highest BCUT2D eigenvalue weighted by atomic mass is 16.5. The molecule has 0 aliphatic heterocycles. The summed E-state index contributed by atoms with van der Waals surface area (Å²) in [6.45, 7) is 3.49. The van der Waals surface area contributed by atoms with Crippen molar-refractivity contribution in [3.63, 3.8) is 0 Å². The normalized spacial score (nSPS) is 9.62. The van der Waals surface area contributed by atoms with Crippen LogP contribution in [0.25, 0.3) is 0 Å². The first-order chi connectivity index (χ1) is 7.54. The van der Waals surface area contributed by atoms with E-state index in [1.807, 2.05) is 0 Å². The zero-order valence-electron chi connectivity index (χ0n) is 9.11. The summed E-state index contributed by atoms with van der Waals surface area (Å²) in [6, 6.07) is 4.05. The largest absolute Gasteiger partial charge is 0.507 e. The van der Waals surface area contributed by atoms with Gasteiger partial charge in [-0.3, -0.25) is 9.59 Å². The molecule has 0 heterocycles. The molecule has 0 aliphatic carbocycles. The van der Waals surface area contributed by atoms with Crippen molar-refractivity contribution in [2.45, 2.75) is 13.8 Å². The molecule has 0 aliphatic rings. The van der Waals surface area contributed by atoms with Crippen LogP contribution in [0.15, 0.2) is 18.2 Å². The van der Waals surface area contributed by atoms with E-state index in [2.05, 4.69) is 5.32 Å². The Morgan fingerprint density at radius 1 is 1.44 bits per heavy atom. The summed E-state index contributed by atoms with van der Waals surface area (Å²) in [5, 5.41) is 12.0. The molecular weight excluding hydrogens is 210 g/mol. The summed E-state index contributed by atoms with van der Waals surface area (Å²) >= 11 is 0. The number of carbonyl (C=O) groups is 2. The number of ether oxygens (including phenoxy) is 1. The van der Waals surface area contributed by atoms with E-state index in [1.165, 1.54) is 25.1 Å². The highest BCUT2D eigenvalue weighted by Gasteiger charge is 2.12. The van der Waals surface area contributed by atoms with Gasteiger partial charge >= 0.3 is 5.97 Å². The predicted molar refractivity (Wildman–Crippen MR) is 57.4 cm³/mol. The van der Waals surface area contributed by atoms with E-state index in [4.69, 9.17) is 4.74 Å². The van der Waals surface area contributed by atoms with Gasteiger partial charge < -0.3 is 15.2 Å². The lowest BCUT2D eigenvalue weighted by Crippen LogP contribution is -2.22. The second kappa shape index (κ2) is 5.16. The molecule has 0 saturated carbocycles. The number of hydrogen-bond donors (Lipinski definition) is 2. The standard InChI is InChI=1S/C11H13NO4/c1-3-12-11(15)9-6-8(16-7(2)13)4-5-10(9)14/h4-6,14H,3H2,1-2H3,(H,12,15). The topological polar surface area (TPSA) is 75.6 Å². The van der Waals surface area contributed by atoms with Gasteiger partial charge in [-0.05, 0) is 25.1 Å². The van der Waals surface area contributed by atoms with Crippen molar-refractivity contribution in [1.82, 2.24) is 5.32 Å². The van der Waals surface area contributed by atoms with Crippen LogP contribution in [0.5, 0.6) is 11.5 Å². The Morgan fingerprint density at radius 3 is 2.69 bits per heavy atom. The summed E-state index contributed by atoms with van der Waals surface area (Å²) in [5.74, 6) is -0.810. The number of benzene rings is 1. The van der Waals surface area contributed by atoms with Crippen molar-refractivity contribution in [3.8, 4) is 11.5 Å². The summed E-state index contributed by atoms with van der Waals surface area (Å²) < 4.78 is 4.81. The zero-order chi connectivity index (χ0) is 12.1. The molecule has 86 valence electrons. The second-order valence-corrected chi connectivity index (χ2v) is 3.13. The Hall–Kier alpha value is -2.04. The summed E-state index contributed by atoms with van der Waals surface area (Å²) in [5.41, 5.74) is 0.0839. The molecule has 0 spiro atoms. The Balaban J connectivity index is 2.98. The Bertz CT molecular complexity index is 414. The van der Waals surface area contributed by atoms with Crippen LogP contribution >= 0.6 is 0 Å². The van der Waals surface area contributed by atoms with Gasteiger partial charge in [0.1, 0.15) is 11.5 Å². The van der Waals surface area contributed by atoms with Crippen molar-refractivity contribution in [1.29, 1.82) is 0 Å². The van der Waals surface area contributed by atoms with Crippen molar-refractivity contribution in [2.24, 2.45) is 0 Å². The third-order valence-electron chi connectivity index (χ3n) is 1.81. The molecule has 0 radical (unpaired) electrons. The fourth-order valence-electron chi connectivity index (χ4n) is 1.18. The van der Waals surface area contributed by atoms with Crippen LogP contribution in [0, 0.1) is 0 Å². The van der Waals surface area contributed by atoms with Crippen molar-refractivity contribution >= 4 is 11.9 Å². The molecule has 0 bridgehead atoms. The number of aromatic hydroxyl groups is 1. The number of nitrogens with one attached hydrogen (secondary N) is 1. The third kappa shape index (κ3) is 2.98. The smallest absolute Gasteiger partial charge is 0.308 e. The fourth-order valence-corrected chi connectivity index (χ4v) is 1.18. The second-order valence-electron chi connectivity index (χ2n) is 3.13. The van der Waals surface area contributed by atoms with Crippen molar-refractivity contribution in [2.75, 3.05) is 6.54 Å². The number of hydrogen-bond acceptors (Lipinski definition) is 4. The molecule has 5 heteroatoms. The number of phenolic OH excluding ortho intramolecular Hbond substituents is 1. The molecule has 1 aromatic carbocycles. The zero-order valence-corrected chi connectivity index (χ0v) is 9.11. The van der Waals surface area contributed by atoms with Gasteiger partial charge in [0.15, 0.2) is 0 Å². The lowest BCUT2D eigenvalue weighted by molar-refractivity contribution is -0.131. The highest BCUT2D eigenvalue weighted by Crippen LogP contribution is 2.22. The van der Waals surface area contributed by atoms with E-state index < -0.39 is 11.9 Å². The quantitative estimate of drug-likeness (QED) is 0.593. The Morgan fingerprint density at radius 2 is 2.12 bits per heavy atom. The van der Waals surface area contributed by atoms with Crippen LogP contribution in [0.2, 0.25) is 0 Å². The van der Waals surface area contributed by atoms with E-state index in [9.17, 15) is 14.7 Å². The van der Waals surface area contributed by atoms with Gasteiger partial charge in [-0.1, -0.05) is 0 Å². The third-order valence-corrected chi connectivity index (χ3v) is 1.81. The first-order valence-corrected chi connectivity index (χ1v) is 4.84. The van der Waals surface area contributed by atoms with Crippen molar-refractivity contribution in [3.05, 3.63) is 23.8 Å². The maximum absolute atomic E-state index is 11.5. The van der Waals surface area contributed by atoms with Gasteiger partial charge in [-0.15, -0.1) is 0 Å². The number of carbonyl (C=O) groups excluding carboxylic acids is 2. The molecular formula is C11H13NO4. The Labute approximate surface area is 93.0 Å². The van der Waals surface area contributed by atoms with E-state index in [-0.39, 0.29) is 17.1 Å². The molecule has 1 amide bonds. The van der Waals surface area contributed by atoms with Crippen molar-refractivity contribution < 1.29 is 19.4 Å². The van der Waals surface area contributed by atoms with Crippen LogP contribution < -0.4 is 10.1 Å². The molecule has 5 nitrogen and oxygen atoms in total. The van der Waals surface area contributed by atoms with Gasteiger partial charge in [0.25, 0.3) is 5.91 Å². The molecule has 0 unspecified atom stereocenters. The van der Waals surface area contributed by atoms with Gasteiger partial charge in [-0.2, -0.15) is 0 Å². The molecule has 0 aromatic heterocycles. The lowest BCUT2D eigenvalue weighted by atomic mass is 10.1. The molecule has 0 atom stereocenters. The first kappa shape index (κ1) is 12.0. The van der Waals surface area contributed by atoms with Gasteiger partial charge in [0, 0.05) is 13.5 Å². The minimum atomic E-state index is -0.479. The van der Waals surface area contributed by atoms with Crippen LogP contribution in [0.1, 0.15) is 24.2 Å².